The summed E-state index contributed by atoms with van der Waals surface area (Å²) in [5.74, 6) is -0.472. The van der Waals surface area contributed by atoms with Gasteiger partial charge in [-0.3, -0.25) is 4.55 Å². The average molecular weight is 472 g/mol. The second-order valence-corrected chi connectivity index (χ2v) is 7.56. The van der Waals surface area contributed by atoms with Crippen LogP contribution in [0.1, 0.15) is 6.42 Å². The molecule has 0 amide bonds. The van der Waals surface area contributed by atoms with Crippen LogP contribution in [0.25, 0.3) is 21.1 Å². The maximum absolute atomic E-state index is 10.7. The fourth-order valence-corrected chi connectivity index (χ4v) is 2.66. The molecule has 2 radical (unpaired) electrons. The van der Waals surface area contributed by atoms with E-state index in [2.05, 4.69) is 9.69 Å². The summed E-state index contributed by atoms with van der Waals surface area (Å²) in [6.45, 7) is 20.0. The molecular weight excluding hydrogens is 452 g/mol. The maximum atomic E-state index is 10.7. The van der Waals surface area contributed by atoms with Crippen LogP contribution in [0.2, 0.25) is 0 Å². The third-order valence-electron chi connectivity index (χ3n) is 3.75. The monoisotopic (exact) mass is 472 g/mol. The van der Waals surface area contributed by atoms with Crippen LogP contribution < -0.4 is 19.9 Å². The first-order valence-corrected chi connectivity index (χ1v) is 11.0. The van der Waals surface area contributed by atoms with Gasteiger partial charge in [0.1, 0.15) is 24.7 Å². The minimum atomic E-state index is -4.16. The third-order valence-corrected chi connectivity index (χ3v) is 4.43. The molecular formula is C21H20N4O7S. The average Bonchev–Trinajstić information content (AvgIpc) is 2.78. The van der Waals surface area contributed by atoms with Gasteiger partial charge in [-0.25, -0.2) is 20.2 Å². The van der Waals surface area contributed by atoms with Gasteiger partial charge in [0.25, 0.3) is 21.5 Å². The summed E-state index contributed by atoms with van der Waals surface area (Å²) in [5.41, 5.74) is -0.607. The van der Waals surface area contributed by atoms with Crippen LogP contribution in [0.5, 0.6) is 11.5 Å². The van der Waals surface area contributed by atoms with E-state index < -0.39 is 15.9 Å². The number of hydrogen-bond donors (Lipinski definition) is 1. The van der Waals surface area contributed by atoms with Gasteiger partial charge in [-0.1, -0.05) is 0 Å². The Kier molecular flexibility index (Phi) is 12.0. The summed E-state index contributed by atoms with van der Waals surface area (Å²) >= 11 is 0. The standard InChI is InChI=1S/C21H20N4O7S/c1-4-5-29-6-8-31-20-12-17(19(15-23)25-3)21(13-16(20)18(14-22)24-2)32-9-7-30-10-11-33(26,27)28/h1,12-13H,4-11H2,(H,26,27,28)/b18-16-,19-17+. The van der Waals surface area contributed by atoms with Crippen molar-refractivity contribution in [2.75, 3.05) is 45.4 Å². The molecule has 0 heterocycles. The zero-order valence-corrected chi connectivity index (χ0v) is 18.3. The Morgan fingerprint density at radius 3 is 1.73 bits per heavy atom. The van der Waals surface area contributed by atoms with Crippen molar-refractivity contribution in [3.63, 3.8) is 0 Å². The van der Waals surface area contributed by atoms with Crippen molar-refractivity contribution in [2.45, 2.75) is 6.42 Å². The van der Waals surface area contributed by atoms with Crippen LogP contribution >= 0.6 is 0 Å². The first-order valence-electron chi connectivity index (χ1n) is 9.35. The highest BCUT2D eigenvalue weighted by atomic mass is 32.2. The third kappa shape index (κ3) is 9.57. The smallest absolute Gasteiger partial charge is 0.272 e. The maximum Gasteiger partial charge on any atom is 0.272 e. The van der Waals surface area contributed by atoms with Crippen LogP contribution in [0.15, 0.2) is 12.1 Å². The van der Waals surface area contributed by atoms with Gasteiger partial charge in [0.05, 0.1) is 50.9 Å². The minimum Gasteiger partial charge on any atom is -0.492 e. The molecule has 0 aromatic heterocycles. The van der Waals surface area contributed by atoms with Gasteiger partial charge in [-0.15, -0.1) is 0 Å². The molecule has 0 saturated carbocycles. The van der Waals surface area contributed by atoms with Crippen LogP contribution in [-0.2, 0) is 19.6 Å². The fraction of sp³-hybridized carbons (Fsp3) is 0.381. The molecule has 0 aliphatic carbocycles. The first-order chi connectivity index (χ1) is 15.8. The Hall–Kier alpha value is -3.65. The van der Waals surface area contributed by atoms with E-state index in [1.165, 1.54) is 12.1 Å². The molecule has 1 rings (SSSR count). The quantitative estimate of drug-likeness (QED) is 0.247. The summed E-state index contributed by atoms with van der Waals surface area (Å²) < 4.78 is 51.6. The van der Waals surface area contributed by atoms with E-state index in [-0.39, 0.29) is 66.4 Å². The predicted molar refractivity (Wildman–Crippen MR) is 115 cm³/mol. The van der Waals surface area contributed by atoms with Crippen molar-refractivity contribution in [3.05, 3.63) is 52.3 Å². The Balaban J connectivity index is 3.29. The largest absolute Gasteiger partial charge is 0.492 e. The lowest BCUT2D eigenvalue weighted by Crippen LogP contribution is -2.22. The van der Waals surface area contributed by atoms with Gasteiger partial charge < -0.3 is 18.9 Å². The lowest BCUT2D eigenvalue weighted by atomic mass is 10.1. The van der Waals surface area contributed by atoms with Crippen molar-refractivity contribution < 1.29 is 31.9 Å². The Bertz CT molecular complexity index is 1180. The molecule has 11 nitrogen and oxygen atoms in total. The number of ether oxygens (including phenoxy) is 4. The van der Waals surface area contributed by atoms with Crippen LogP contribution in [0, 0.1) is 42.7 Å². The molecule has 0 aliphatic heterocycles. The number of benzene rings is 1. The van der Waals surface area contributed by atoms with Crippen molar-refractivity contribution in [3.8, 4) is 23.6 Å². The summed E-state index contributed by atoms with van der Waals surface area (Å²) in [6, 6.07) is 6.15. The Morgan fingerprint density at radius 1 is 0.909 bits per heavy atom. The number of hydrogen-bond acceptors (Lipinski definition) is 8. The lowest BCUT2D eigenvalue weighted by molar-refractivity contribution is 0.102. The fourth-order valence-electron chi connectivity index (χ4n) is 2.33. The Labute approximate surface area is 192 Å². The van der Waals surface area contributed by atoms with Crippen LogP contribution in [0.3, 0.4) is 0 Å². The second kappa shape index (κ2) is 14.4. The SMILES string of the molecule is [C-]#[N+]/C(C#N)=c1/cc(OCCOCCS(=O)(=O)O)/c(=C(\C#N)[N+]#[C-])cc1OCCOCC[CH]. The van der Waals surface area contributed by atoms with E-state index in [0.29, 0.717) is 13.0 Å². The van der Waals surface area contributed by atoms with Gasteiger partial charge in [-0.05, 0) is 25.5 Å². The summed E-state index contributed by atoms with van der Waals surface area (Å²) in [4.78, 5) is 6.35. The molecule has 0 bridgehead atoms. The van der Waals surface area contributed by atoms with E-state index in [1.807, 2.05) is 0 Å². The zero-order chi connectivity index (χ0) is 24.7. The van der Waals surface area contributed by atoms with Crippen molar-refractivity contribution in [1.29, 1.82) is 10.5 Å². The molecule has 1 aromatic carbocycles. The molecule has 0 spiro atoms. The molecule has 0 aliphatic rings. The highest BCUT2D eigenvalue weighted by Crippen LogP contribution is 2.12. The number of rotatable bonds is 13. The first kappa shape index (κ1) is 27.4. The van der Waals surface area contributed by atoms with Gasteiger partial charge in [0, 0.05) is 17.0 Å². The van der Waals surface area contributed by atoms with E-state index in [1.54, 1.807) is 12.1 Å². The molecule has 12 heteroatoms. The predicted octanol–water partition coefficient (Wildman–Crippen LogP) is 0.569. The van der Waals surface area contributed by atoms with Gasteiger partial charge in [0.15, 0.2) is 0 Å². The van der Waals surface area contributed by atoms with Crippen molar-refractivity contribution in [2.24, 2.45) is 0 Å². The van der Waals surface area contributed by atoms with Crippen LogP contribution in [0.4, 0.5) is 0 Å². The number of nitrogens with zero attached hydrogens (tertiary/aromatic N) is 4. The molecule has 0 unspecified atom stereocenters. The second-order valence-electron chi connectivity index (χ2n) is 5.99. The van der Waals surface area contributed by atoms with Crippen molar-refractivity contribution >= 4 is 21.5 Å². The van der Waals surface area contributed by atoms with Crippen molar-refractivity contribution in [1.82, 2.24) is 0 Å². The van der Waals surface area contributed by atoms with Gasteiger partial charge >= 0.3 is 0 Å². The molecule has 33 heavy (non-hydrogen) atoms. The van der Waals surface area contributed by atoms with E-state index in [0.717, 1.165) is 0 Å². The summed E-state index contributed by atoms with van der Waals surface area (Å²) in [5, 5.41) is 18.8. The van der Waals surface area contributed by atoms with E-state index >= 15 is 0 Å². The molecule has 172 valence electrons. The van der Waals surface area contributed by atoms with Crippen LogP contribution in [-0.4, -0.2) is 58.4 Å². The number of nitriles is 2. The Morgan fingerprint density at radius 2 is 1.36 bits per heavy atom. The van der Waals surface area contributed by atoms with Gasteiger partial charge in [0.2, 0.25) is 0 Å². The molecule has 1 N–H and O–H groups in total. The normalized spacial score (nSPS) is 12.4. The minimum absolute atomic E-state index is 0.0269. The van der Waals surface area contributed by atoms with Gasteiger partial charge in [-0.2, -0.15) is 8.42 Å². The zero-order valence-electron chi connectivity index (χ0n) is 17.5. The molecule has 1 aromatic rings. The topological polar surface area (TPSA) is 148 Å². The molecule has 0 atom stereocenters. The lowest BCUT2D eigenvalue weighted by Gasteiger charge is -2.12. The molecule has 0 fully saturated rings. The summed E-state index contributed by atoms with van der Waals surface area (Å²) in [6.07, 6.45) is 0.330. The highest BCUT2D eigenvalue weighted by molar-refractivity contribution is 7.85. The summed E-state index contributed by atoms with van der Waals surface area (Å²) in [7, 11) is -4.16. The van der Waals surface area contributed by atoms with E-state index in [4.69, 9.17) is 43.6 Å². The van der Waals surface area contributed by atoms with E-state index in [9.17, 15) is 18.9 Å². The molecule has 0 saturated heterocycles. The highest BCUT2D eigenvalue weighted by Gasteiger charge is 2.12.